The van der Waals surface area contributed by atoms with Gasteiger partial charge in [0.05, 0.1) is 30.0 Å². The summed E-state index contributed by atoms with van der Waals surface area (Å²) in [5.41, 5.74) is 2.99. The van der Waals surface area contributed by atoms with Crippen LogP contribution in [0.4, 0.5) is 10.1 Å². The van der Waals surface area contributed by atoms with E-state index in [1.807, 2.05) is 25.3 Å². The first-order valence-corrected chi connectivity index (χ1v) is 13.2. The van der Waals surface area contributed by atoms with Crippen molar-refractivity contribution in [3.63, 3.8) is 0 Å². The van der Waals surface area contributed by atoms with Crippen molar-refractivity contribution in [2.75, 3.05) is 37.0 Å². The highest BCUT2D eigenvalue weighted by molar-refractivity contribution is 7.96. The number of carbonyl (C=O) groups excluding carboxylic acids is 1. The van der Waals surface area contributed by atoms with Crippen LogP contribution in [0.5, 0.6) is 0 Å². The minimum atomic E-state index is -1.30. The van der Waals surface area contributed by atoms with Gasteiger partial charge < -0.3 is 14.5 Å². The summed E-state index contributed by atoms with van der Waals surface area (Å²) in [6.07, 6.45) is 3.10. The van der Waals surface area contributed by atoms with Gasteiger partial charge >= 0.3 is 0 Å². The van der Waals surface area contributed by atoms with Crippen LogP contribution in [0.3, 0.4) is 0 Å². The van der Waals surface area contributed by atoms with E-state index in [9.17, 15) is 13.4 Å². The zero-order valence-electron chi connectivity index (χ0n) is 18.8. The third kappa shape index (κ3) is 4.65. The maximum absolute atomic E-state index is 13.5. The van der Waals surface area contributed by atoms with Crippen LogP contribution in [0.2, 0.25) is 0 Å². The van der Waals surface area contributed by atoms with E-state index in [4.69, 9.17) is 9.15 Å². The summed E-state index contributed by atoms with van der Waals surface area (Å²) in [6, 6.07) is 9.49. The lowest BCUT2D eigenvalue weighted by Gasteiger charge is -2.24. The molecule has 2 N–H and O–H groups in total. The Kier molecular flexibility index (Phi) is 7.08. The van der Waals surface area contributed by atoms with Gasteiger partial charge in [0.15, 0.2) is 0 Å². The number of fused-ring (bicyclic) bond motifs is 2. The van der Waals surface area contributed by atoms with E-state index in [1.165, 1.54) is 24.1 Å². The number of carbonyl (C=O) groups is 1. The minimum Gasteiger partial charge on any atom is -0.455 e. The first kappa shape index (κ1) is 23.7. The van der Waals surface area contributed by atoms with Crippen LogP contribution in [0.15, 0.2) is 40.8 Å². The Morgan fingerprint density at radius 3 is 2.67 bits per heavy atom. The van der Waals surface area contributed by atoms with Crippen LogP contribution in [-0.4, -0.2) is 48.9 Å². The van der Waals surface area contributed by atoms with E-state index in [1.54, 1.807) is 29.7 Å². The van der Waals surface area contributed by atoms with Gasteiger partial charge in [-0.25, -0.2) is 8.60 Å². The normalized spacial score (nSPS) is 19.2. The quantitative estimate of drug-likeness (QED) is 0.507. The van der Waals surface area contributed by atoms with Crippen molar-refractivity contribution >= 4 is 45.5 Å². The SMILES string of the molecule is CNC(=O)c1c(-c2ccc(F)cc2)oc2cc3c(cc12)C(C)OC(CNSC)CN3S(C)=O. The molecule has 1 amide bonds. The van der Waals surface area contributed by atoms with Crippen molar-refractivity contribution in [3.8, 4) is 11.3 Å². The Morgan fingerprint density at radius 2 is 2.03 bits per heavy atom. The largest absolute Gasteiger partial charge is 0.455 e. The number of rotatable bonds is 6. The van der Waals surface area contributed by atoms with Crippen molar-refractivity contribution in [2.45, 2.75) is 19.1 Å². The second-order valence-corrected chi connectivity index (χ2v) is 9.72. The Labute approximate surface area is 198 Å². The monoisotopic (exact) mass is 491 g/mol. The predicted octanol–water partition coefficient (Wildman–Crippen LogP) is 4.03. The summed E-state index contributed by atoms with van der Waals surface area (Å²) in [5, 5.41) is 3.28. The van der Waals surface area contributed by atoms with Gasteiger partial charge in [-0.2, -0.15) is 0 Å². The van der Waals surface area contributed by atoms with Crippen LogP contribution < -0.4 is 14.3 Å². The summed E-state index contributed by atoms with van der Waals surface area (Å²) >= 11 is 1.50. The van der Waals surface area contributed by atoms with Gasteiger partial charge in [0.2, 0.25) is 0 Å². The molecule has 33 heavy (non-hydrogen) atoms. The molecule has 3 unspecified atom stereocenters. The van der Waals surface area contributed by atoms with Gasteiger partial charge in [0.1, 0.15) is 28.1 Å². The van der Waals surface area contributed by atoms with Gasteiger partial charge in [-0.05, 0) is 43.5 Å². The molecule has 3 atom stereocenters. The number of anilines is 1. The second kappa shape index (κ2) is 9.84. The number of nitrogens with one attached hydrogen (secondary N) is 2. The number of hydrogen-bond acceptors (Lipinski definition) is 6. The smallest absolute Gasteiger partial charge is 0.255 e. The first-order valence-electron chi connectivity index (χ1n) is 10.4. The third-order valence-electron chi connectivity index (χ3n) is 5.64. The number of hydrogen-bond donors (Lipinski definition) is 2. The Balaban J connectivity index is 1.91. The van der Waals surface area contributed by atoms with Crippen molar-refractivity contribution in [1.82, 2.24) is 10.0 Å². The third-order valence-corrected chi connectivity index (χ3v) is 7.06. The number of furan rings is 1. The molecule has 0 saturated carbocycles. The van der Waals surface area contributed by atoms with Gasteiger partial charge in [-0.1, -0.05) is 11.9 Å². The predicted molar refractivity (Wildman–Crippen MR) is 131 cm³/mol. The molecule has 3 aromatic rings. The molecule has 0 aliphatic carbocycles. The summed E-state index contributed by atoms with van der Waals surface area (Å²) < 4.78 is 43.6. The highest BCUT2D eigenvalue weighted by Gasteiger charge is 2.31. The molecule has 0 spiro atoms. The Hall–Kier alpha value is -2.40. The average molecular weight is 492 g/mol. The maximum atomic E-state index is 13.5. The molecule has 1 aliphatic rings. The highest BCUT2D eigenvalue weighted by Crippen LogP contribution is 2.41. The molecule has 2 aromatic carbocycles. The lowest BCUT2D eigenvalue weighted by Crippen LogP contribution is -2.38. The number of halogens is 1. The van der Waals surface area contributed by atoms with E-state index in [-0.39, 0.29) is 23.9 Å². The fourth-order valence-corrected chi connectivity index (χ4v) is 5.23. The van der Waals surface area contributed by atoms with E-state index < -0.39 is 11.0 Å². The van der Waals surface area contributed by atoms with Gasteiger partial charge in [-0.3, -0.25) is 13.8 Å². The molecule has 0 radical (unpaired) electrons. The average Bonchev–Trinajstić information content (AvgIpc) is 3.11. The highest BCUT2D eigenvalue weighted by atomic mass is 32.2. The zero-order valence-corrected chi connectivity index (χ0v) is 20.4. The molecule has 4 rings (SSSR count). The Morgan fingerprint density at radius 1 is 1.30 bits per heavy atom. The molecule has 10 heteroatoms. The standard InChI is InChI=1S/C23H26FN3O4S2/c1-13-17-9-18-20(10-19(17)27(33(4)29)12-16(30-13)11-26-32-3)31-22(21(18)23(28)25-2)14-5-7-15(24)8-6-14/h5-10,13,16,26H,11-12H2,1-4H3,(H,25,28). The first-order chi connectivity index (χ1) is 15.8. The molecule has 7 nitrogen and oxygen atoms in total. The lowest BCUT2D eigenvalue weighted by molar-refractivity contribution is 0.0105. The topological polar surface area (TPSA) is 83.8 Å². The molecule has 2 heterocycles. The molecule has 1 aliphatic heterocycles. The van der Waals surface area contributed by atoms with Crippen LogP contribution >= 0.6 is 11.9 Å². The van der Waals surface area contributed by atoms with Crippen LogP contribution in [0, 0.1) is 5.82 Å². The molecule has 0 saturated heterocycles. The fourth-order valence-electron chi connectivity index (χ4n) is 4.07. The molecule has 0 fully saturated rings. The Bertz CT molecular complexity index is 1200. The van der Waals surface area contributed by atoms with Gasteiger partial charge in [0.25, 0.3) is 5.91 Å². The molecular weight excluding hydrogens is 465 g/mol. The van der Waals surface area contributed by atoms with Crippen molar-refractivity contribution in [2.24, 2.45) is 0 Å². The second-order valence-electron chi connectivity index (χ2n) is 7.74. The van der Waals surface area contributed by atoms with Crippen molar-refractivity contribution in [1.29, 1.82) is 0 Å². The van der Waals surface area contributed by atoms with Crippen molar-refractivity contribution in [3.05, 3.63) is 53.3 Å². The number of amides is 1. The summed E-state index contributed by atoms with van der Waals surface area (Å²) in [6.45, 7) is 2.98. The van der Waals surface area contributed by atoms with Gasteiger partial charge in [0, 0.05) is 42.4 Å². The minimum absolute atomic E-state index is 0.178. The van der Waals surface area contributed by atoms with Gasteiger partial charge in [-0.15, -0.1) is 0 Å². The summed E-state index contributed by atoms with van der Waals surface area (Å²) in [7, 11) is 0.252. The number of nitrogens with zero attached hydrogens (tertiary/aromatic N) is 1. The van der Waals surface area contributed by atoms with Crippen LogP contribution in [-0.2, 0) is 15.7 Å². The molecule has 0 bridgehead atoms. The zero-order chi connectivity index (χ0) is 23.7. The summed E-state index contributed by atoms with van der Waals surface area (Å²) in [4.78, 5) is 12.9. The van der Waals surface area contributed by atoms with Crippen LogP contribution in [0.25, 0.3) is 22.3 Å². The molecular formula is C23H26FN3O4S2. The summed E-state index contributed by atoms with van der Waals surface area (Å²) in [5.74, 6) is -0.335. The molecule has 176 valence electrons. The van der Waals surface area contributed by atoms with E-state index in [0.29, 0.717) is 40.9 Å². The van der Waals surface area contributed by atoms with Crippen molar-refractivity contribution < 1.29 is 22.5 Å². The lowest BCUT2D eigenvalue weighted by atomic mass is 10.0. The van der Waals surface area contributed by atoms with E-state index in [2.05, 4.69) is 10.0 Å². The number of ether oxygens (including phenoxy) is 1. The van der Waals surface area contributed by atoms with Crippen LogP contribution in [0.1, 0.15) is 28.9 Å². The fraction of sp³-hybridized carbons (Fsp3) is 0.348. The maximum Gasteiger partial charge on any atom is 0.255 e. The van der Waals surface area contributed by atoms with E-state index >= 15 is 0 Å². The van der Waals surface area contributed by atoms with E-state index in [0.717, 1.165) is 11.3 Å². The number of benzene rings is 2. The molecule has 1 aromatic heterocycles.